The lowest BCUT2D eigenvalue weighted by Crippen LogP contribution is -2.37. The first-order valence-corrected chi connectivity index (χ1v) is 8.24. The van der Waals surface area contributed by atoms with Gasteiger partial charge in [-0.15, -0.1) is 0 Å². The molecule has 0 aliphatic carbocycles. The van der Waals surface area contributed by atoms with Crippen LogP contribution in [0.25, 0.3) is 0 Å². The Hall–Kier alpha value is -1.34. The number of carbonyl (C=O) groups excluding carboxylic acids is 2. The molecule has 0 radical (unpaired) electrons. The van der Waals surface area contributed by atoms with Gasteiger partial charge in [-0.2, -0.15) is 0 Å². The highest BCUT2D eigenvalue weighted by molar-refractivity contribution is 5.75. The summed E-state index contributed by atoms with van der Waals surface area (Å²) in [6.07, 6.45) is 1.70. The number of ether oxygens (including phenoxy) is 2. The van der Waals surface area contributed by atoms with Crippen LogP contribution in [-0.2, 0) is 14.3 Å². The molecule has 0 aromatic rings. The van der Waals surface area contributed by atoms with Crippen LogP contribution in [0, 0.1) is 0 Å². The van der Waals surface area contributed by atoms with E-state index in [1.165, 1.54) is 0 Å². The summed E-state index contributed by atoms with van der Waals surface area (Å²) < 4.78 is 10.3. The summed E-state index contributed by atoms with van der Waals surface area (Å²) in [4.78, 5) is 22.9. The standard InChI is InChI=1S/C16H33N3O4/c1-6-17-14(20)9-11-18-13(12-22-5)8-7-10-19-15(21)23-16(2,3)4/h13,18H,6-12H2,1-5H3,(H,17,20)(H,19,21). The van der Waals surface area contributed by atoms with Gasteiger partial charge in [0.15, 0.2) is 0 Å². The van der Waals surface area contributed by atoms with Crippen LogP contribution in [0.1, 0.15) is 47.0 Å². The molecule has 0 saturated carbocycles. The third kappa shape index (κ3) is 14.0. The number of methoxy groups -OCH3 is 1. The highest BCUT2D eigenvalue weighted by Crippen LogP contribution is 2.06. The van der Waals surface area contributed by atoms with Crippen LogP contribution >= 0.6 is 0 Å². The molecule has 0 aromatic heterocycles. The Labute approximate surface area is 139 Å². The minimum atomic E-state index is -0.483. The molecule has 0 saturated heterocycles. The van der Waals surface area contributed by atoms with E-state index in [0.717, 1.165) is 12.8 Å². The quantitative estimate of drug-likeness (QED) is 0.498. The number of hydrogen-bond acceptors (Lipinski definition) is 5. The maximum atomic E-state index is 11.5. The number of rotatable bonds is 11. The summed E-state index contributed by atoms with van der Waals surface area (Å²) in [6.45, 7) is 9.78. The maximum Gasteiger partial charge on any atom is 0.407 e. The molecular weight excluding hydrogens is 298 g/mol. The first-order valence-electron chi connectivity index (χ1n) is 8.24. The van der Waals surface area contributed by atoms with Crippen LogP contribution < -0.4 is 16.0 Å². The van der Waals surface area contributed by atoms with E-state index in [1.54, 1.807) is 7.11 Å². The summed E-state index contributed by atoms with van der Waals surface area (Å²) >= 11 is 0. The van der Waals surface area contributed by atoms with Crippen LogP contribution in [-0.4, -0.2) is 57.0 Å². The molecule has 0 rings (SSSR count). The van der Waals surface area contributed by atoms with Gasteiger partial charge < -0.3 is 25.4 Å². The Morgan fingerprint density at radius 1 is 1.13 bits per heavy atom. The molecule has 23 heavy (non-hydrogen) atoms. The largest absolute Gasteiger partial charge is 0.444 e. The fourth-order valence-electron chi connectivity index (χ4n) is 1.97. The van der Waals surface area contributed by atoms with Gasteiger partial charge in [0, 0.05) is 39.2 Å². The first-order chi connectivity index (χ1) is 10.8. The van der Waals surface area contributed by atoms with Gasteiger partial charge in [-0.25, -0.2) is 4.79 Å². The van der Waals surface area contributed by atoms with E-state index < -0.39 is 11.7 Å². The summed E-state index contributed by atoms with van der Waals surface area (Å²) in [7, 11) is 1.65. The van der Waals surface area contributed by atoms with Crippen molar-refractivity contribution in [1.29, 1.82) is 0 Å². The van der Waals surface area contributed by atoms with Gasteiger partial charge in [0.2, 0.25) is 5.91 Å². The summed E-state index contributed by atoms with van der Waals surface area (Å²) in [5.41, 5.74) is -0.483. The van der Waals surface area contributed by atoms with Gasteiger partial charge >= 0.3 is 6.09 Å². The van der Waals surface area contributed by atoms with Crippen molar-refractivity contribution in [1.82, 2.24) is 16.0 Å². The van der Waals surface area contributed by atoms with E-state index in [4.69, 9.17) is 9.47 Å². The molecule has 3 N–H and O–H groups in total. The second-order valence-electron chi connectivity index (χ2n) is 6.38. The van der Waals surface area contributed by atoms with Crippen molar-refractivity contribution in [2.75, 3.05) is 33.4 Å². The molecule has 0 aliphatic rings. The molecule has 0 aliphatic heterocycles. The van der Waals surface area contributed by atoms with Crippen molar-refractivity contribution < 1.29 is 19.1 Å². The van der Waals surface area contributed by atoms with Gasteiger partial charge in [0.25, 0.3) is 0 Å². The first kappa shape index (κ1) is 21.7. The monoisotopic (exact) mass is 331 g/mol. The van der Waals surface area contributed by atoms with Gasteiger partial charge in [-0.3, -0.25) is 4.79 Å². The van der Waals surface area contributed by atoms with Crippen molar-refractivity contribution in [2.24, 2.45) is 0 Å². The Bertz CT molecular complexity index is 343. The number of hydrogen-bond donors (Lipinski definition) is 3. The van der Waals surface area contributed by atoms with Gasteiger partial charge in [-0.1, -0.05) is 0 Å². The third-order valence-electron chi connectivity index (χ3n) is 2.92. The van der Waals surface area contributed by atoms with Crippen molar-refractivity contribution in [3.05, 3.63) is 0 Å². The number of nitrogens with one attached hydrogen (secondary N) is 3. The van der Waals surface area contributed by atoms with Crippen molar-refractivity contribution in [3.63, 3.8) is 0 Å². The lowest BCUT2D eigenvalue weighted by atomic mass is 10.1. The number of carbonyl (C=O) groups is 2. The molecule has 0 fully saturated rings. The second-order valence-corrected chi connectivity index (χ2v) is 6.38. The summed E-state index contributed by atoms with van der Waals surface area (Å²) in [6, 6.07) is 0.162. The van der Waals surface area contributed by atoms with Crippen LogP contribution in [0.15, 0.2) is 0 Å². The van der Waals surface area contributed by atoms with E-state index in [9.17, 15) is 9.59 Å². The molecule has 0 bridgehead atoms. The van der Waals surface area contributed by atoms with Gasteiger partial charge in [0.1, 0.15) is 5.60 Å². The highest BCUT2D eigenvalue weighted by Gasteiger charge is 2.15. The molecule has 1 unspecified atom stereocenters. The number of amides is 2. The summed E-state index contributed by atoms with van der Waals surface area (Å²) in [5.74, 6) is 0.0442. The average Bonchev–Trinajstić information content (AvgIpc) is 2.41. The molecular formula is C16H33N3O4. The van der Waals surface area contributed by atoms with Gasteiger partial charge in [-0.05, 0) is 40.5 Å². The molecule has 0 heterocycles. The van der Waals surface area contributed by atoms with Crippen LogP contribution in [0.4, 0.5) is 4.79 Å². The smallest absolute Gasteiger partial charge is 0.407 e. The van der Waals surface area contributed by atoms with Crippen LogP contribution in [0.5, 0.6) is 0 Å². The van der Waals surface area contributed by atoms with E-state index in [0.29, 0.717) is 32.7 Å². The van der Waals surface area contributed by atoms with E-state index in [2.05, 4.69) is 16.0 Å². The lowest BCUT2D eigenvalue weighted by molar-refractivity contribution is -0.120. The molecule has 7 heteroatoms. The molecule has 0 spiro atoms. The average molecular weight is 331 g/mol. The minimum Gasteiger partial charge on any atom is -0.444 e. The fourth-order valence-corrected chi connectivity index (χ4v) is 1.97. The SMILES string of the molecule is CCNC(=O)CCNC(CCCNC(=O)OC(C)(C)C)COC. The zero-order chi connectivity index (χ0) is 17.7. The Balaban J connectivity index is 3.87. The minimum absolute atomic E-state index is 0.0442. The molecule has 7 nitrogen and oxygen atoms in total. The highest BCUT2D eigenvalue weighted by atomic mass is 16.6. The van der Waals surface area contributed by atoms with Crippen LogP contribution in [0.3, 0.4) is 0 Å². The summed E-state index contributed by atoms with van der Waals surface area (Å²) in [5, 5.41) is 8.80. The zero-order valence-electron chi connectivity index (χ0n) is 15.2. The van der Waals surface area contributed by atoms with Crippen LogP contribution in [0.2, 0.25) is 0 Å². The van der Waals surface area contributed by atoms with E-state index in [1.807, 2.05) is 27.7 Å². The van der Waals surface area contributed by atoms with Crippen molar-refractivity contribution in [2.45, 2.75) is 58.6 Å². The fraction of sp³-hybridized carbons (Fsp3) is 0.875. The normalized spacial score (nSPS) is 12.6. The predicted molar refractivity (Wildman–Crippen MR) is 90.4 cm³/mol. The second kappa shape index (κ2) is 12.1. The van der Waals surface area contributed by atoms with E-state index in [-0.39, 0.29) is 11.9 Å². The predicted octanol–water partition coefficient (Wildman–Crippen LogP) is 1.42. The Morgan fingerprint density at radius 3 is 2.39 bits per heavy atom. The third-order valence-corrected chi connectivity index (χ3v) is 2.92. The Kier molecular flexibility index (Phi) is 11.4. The Morgan fingerprint density at radius 2 is 1.83 bits per heavy atom. The van der Waals surface area contributed by atoms with Crippen molar-refractivity contribution >= 4 is 12.0 Å². The van der Waals surface area contributed by atoms with Crippen molar-refractivity contribution in [3.8, 4) is 0 Å². The zero-order valence-corrected chi connectivity index (χ0v) is 15.2. The molecule has 136 valence electrons. The maximum absolute atomic E-state index is 11.5. The topological polar surface area (TPSA) is 88.7 Å². The van der Waals surface area contributed by atoms with Gasteiger partial charge in [0.05, 0.1) is 6.61 Å². The molecule has 1 atom stereocenters. The lowest BCUT2D eigenvalue weighted by Gasteiger charge is -2.20. The molecule has 0 aromatic carbocycles. The van der Waals surface area contributed by atoms with E-state index >= 15 is 0 Å². The number of alkyl carbamates (subject to hydrolysis) is 1. The molecule has 2 amide bonds.